The maximum atomic E-state index is 12.7. The summed E-state index contributed by atoms with van der Waals surface area (Å²) in [5.74, 6) is -0.375. The highest BCUT2D eigenvalue weighted by Gasteiger charge is 2.24. The van der Waals surface area contributed by atoms with Gasteiger partial charge in [0, 0.05) is 18.7 Å². The number of rotatable bonds is 7. The zero-order valence-electron chi connectivity index (χ0n) is 14.7. The van der Waals surface area contributed by atoms with Gasteiger partial charge in [-0.1, -0.05) is 30.3 Å². The van der Waals surface area contributed by atoms with Gasteiger partial charge in [-0.25, -0.2) is 9.78 Å². The maximum absolute atomic E-state index is 12.7. The quantitative estimate of drug-likeness (QED) is 0.756. The molecule has 1 aromatic carbocycles. The Morgan fingerprint density at radius 1 is 1.12 bits per heavy atom. The topological polar surface area (TPSA) is 80.3 Å². The van der Waals surface area contributed by atoms with Crippen molar-refractivity contribution in [1.82, 2.24) is 10.3 Å². The van der Waals surface area contributed by atoms with Crippen molar-refractivity contribution in [2.24, 2.45) is 0 Å². The number of carbonyl (C=O) groups is 2. The minimum absolute atomic E-state index is 0.127. The van der Waals surface area contributed by atoms with E-state index in [1.165, 1.54) is 7.11 Å². The Labute approximate surface area is 147 Å². The van der Waals surface area contributed by atoms with Gasteiger partial charge in [0.2, 0.25) is 0 Å². The van der Waals surface area contributed by atoms with Crippen LogP contribution in [-0.4, -0.2) is 36.1 Å². The Bertz CT molecular complexity index is 717. The van der Waals surface area contributed by atoms with Crippen LogP contribution in [0, 0.1) is 0 Å². The lowest BCUT2D eigenvalue weighted by Gasteiger charge is -2.18. The van der Waals surface area contributed by atoms with Crippen LogP contribution in [0.15, 0.2) is 48.7 Å². The molecule has 6 nitrogen and oxygen atoms in total. The van der Waals surface area contributed by atoms with Crippen molar-refractivity contribution in [3.05, 3.63) is 59.8 Å². The lowest BCUT2D eigenvalue weighted by Crippen LogP contribution is -2.43. The molecule has 0 radical (unpaired) electrons. The Morgan fingerprint density at radius 3 is 2.48 bits per heavy atom. The molecule has 0 saturated carbocycles. The highest BCUT2D eigenvalue weighted by atomic mass is 16.5. The van der Waals surface area contributed by atoms with Crippen molar-refractivity contribution in [2.45, 2.75) is 32.4 Å². The molecule has 0 bridgehead atoms. The molecule has 0 aliphatic rings. The molecule has 0 aliphatic heterocycles. The molecular formula is C19H23N3O3. The number of esters is 1. The normalized spacial score (nSPS) is 11.7. The number of anilines is 1. The number of hydrogen-bond donors (Lipinski definition) is 2. The molecular weight excluding hydrogens is 318 g/mol. The third kappa shape index (κ3) is 5.31. The summed E-state index contributed by atoms with van der Waals surface area (Å²) < 4.78 is 4.83. The van der Waals surface area contributed by atoms with E-state index in [1.54, 1.807) is 18.3 Å². The van der Waals surface area contributed by atoms with Crippen LogP contribution in [0.2, 0.25) is 0 Å². The second-order valence-corrected chi connectivity index (χ2v) is 5.94. The Hall–Kier alpha value is -2.89. The first-order chi connectivity index (χ1) is 12.0. The van der Waals surface area contributed by atoms with E-state index in [9.17, 15) is 9.59 Å². The number of pyridine rings is 1. The SMILES string of the molecule is COC(=O)C(Cc1ccccc1)NC(=O)c1cccnc1NC(C)C. The third-order valence-corrected chi connectivity index (χ3v) is 3.55. The van der Waals surface area contributed by atoms with Crippen LogP contribution in [-0.2, 0) is 16.0 Å². The van der Waals surface area contributed by atoms with Crippen molar-refractivity contribution in [3.63, 3.8) is 0 Å². The van der Waals surface area contributed by atoms with Gasteiger partial charge in [0.1, 0.15) is 11.9 Å². The van der Waals surface area contributed by atoms with Gasteiger partial charge in [-0.05, 0) is 31.5 Å². The number of methoxy groups -OCH3 is 1. The average Bonchev–Trinajstić information content (AvgIpc) is 2.61. The van der Waals surface area contributed by atoms with Crippen LogP contribution in [0.25, 0.3) is 0 Å². The van der Waals surface area contributed by atoms with Crippen molar-refractivity contribution in [3.8, 4) is 0 Å². The predicted octanol–water partition coefficient (Wildman–Crippen LogP) is 2.42. The minimum Gasteiger partial charge on any atom is -0.467 e. The van der Waals surface area contributed by atoms with Crippen LogP contribution in [0.4, 0.5) is 5.82 Å². The third-order valence-electron chi connectivity index (χ3n) is 3.55. The molecule has 1 heterocycles. The molecule has 132 valence electrons. The summed E-state index contributed by atoms with van der Waals surface area (Å²) in [6, 6.07) is 12.2. The van der Waals surface area contributed by atoms with Crippen molar-refractivity contribution < 1.29 is 14.3 Å². The second kappa shape index (κ2) is 8.82. The van der Waals surface area contributed by atoms with E-state index in [0.29, 0.717) is 17.8 Å². The number of amides is 1. The smallest absolute Gasteiger partial charge is 0.328 e. The lowest BCUT2D eigenvalue weighted by molar-refractivity contribution is -0.142. The van der Waals surface area contributed by atoms with E-state index in [-0.39, 0.29) is 11.9 Å². The number of ether oxygens (including phenoxy) is 1. The predicted molar refractivity (Wildman–Crippen MR) is 96.4 cm³/mol. The second-order valence-electron chi connectivity index (χ2n) is 5.94. The lowest BCUT2D eigenvalue weighted by atomic mass is 10.1. The highest BCUT2D eigenvalue weighted by Crippen LogP contribution is 2.13. The first-order valence-corrected chi connectivity index (χ1v) is 8.15. The van der Waals surface area contributed by atoms with E-state index in [1.807, 2.05) is 44.2 Å². The van der Waals surface area contributed by atoms with E-state index in [0.717, 1.165) is 5.56 Å². The molecule has 0 saturated heterocycles. The van der Waals surface area contributed by atoms with Crippen LogP contribution in [0.1, 0.15) is 29.8 Å². The number of hydrogen-bond acceptors (Lipinski definition) is 5. The summed E-state index contributed by atoms with van der Waals surface area (Å²) in [7, 11) is 1.31. The summed E-state index contributed by atoms with van der Waals surface area (Å²) in [5, 5.41) is 5.88. The van der Waals surface area contributed by atoms with Crippen LogP contribution in [0.5, 0.6) is 0 Å². The zero-order valence-corrected chi connectivity index (χ0v) is 14.7. The fourth-order valence-electron chi connectivity index (χ4n) is 2.40. The van der Waals surface area contributed by atoms with Gasteiger partial charge in [0.25, 0.3) is 5.91 Å². The van der Waals surface area contributed by atoms with Gasteiger partial charge in [0.15, 0.2) is 0 Å². The number of carbonyl (C=O) groups excluding carboxylic acids is 2. The molecule has 1 amide bonds. The van der Waals surface area contributed by atoms with E-state index in [4.69, 9.17) is 4.74 Å². The average molecular weight is 341 g/mol. The fraction of sp³-hybridized carbons (Fsp3) is 0.316. The van der Waals surface area contributed by atoms with Crippen LogP contribution in [0.3, 0.4) is 0 Å². The van der Waals surface area contributed by atoms with Crippen molar-refractivity contribution in [2.75, 3.05) is 12.4 Å². The Kier molecular flexibility index (Phi) is 6.51. The summed E-state index contributed by atoms with van der Waals surface area (Å²) >= 11 is 0. The Morgan fingerprint density at radius 2 is 1.84 bits per heavy atom. The van der Waals surface area contributed by atoms with Gasteiger partial charge < -0.3 is 15.4 Å². The van der Waals surface area contributed by atoms with Gasteiger partial charge in [-0.2, -0.15) is 0 Å². The molecule has 25 heavy (non-hydrogen) atoms. The summed E-state index contributed by atoms with van der Waals surface area (Å²) in [6.07, 6.45) is 1.97. The van der Waals surface area contributed by atoms with Gasteiger partial charge >= 0.3 is 5.97 Å². The van der Waals surface area contributed by atoms with Crippen LogP contribution >= 0.6 is 0 Å². The number of aromatic nitrogens is 1. The Balaban J connectivity index is 2.18. The van der Waals surface area contributed by atoms with Gasteiger partial charge in [0.05, 0.1) is 12.7 Å². The van der Waals surface area contributed by atoms with E-state index < -0.39 is 12.0 Å². The molecule has 0 aliphatic carbocycles. The van der Waals surface area contributed by atoms with E-state index in [2.05, 4.69) is 15.6 Å². The molecule has 2 aromatic rings. The summed E-state index contributed by atoms with van der Waals surface area (Å²) in [4.78, 5) is 29.0. The van der Waals surface area contributed by atoms with Crippen LogP contribution < -0.4 is 10.6 Å². The molecule has 6 heteroatoms. The largest absolute Gasteiger partial charge is 0.467 e. The fourth-order valence-corrected chi connectivity index (χ4v) is 2.40. The molecule has 1 atom stereocenters. The molecule has 1 aromatic heterocycles. The zero-order chi connectivity index (χ0) is 18.2. The van der Waals surface area contributed by atoms with Crippen molar-refractivity contribution >= 4 is 17.7 Å². The summed E-state index contributed by atoms with van der Waals surface area (Å²) in [5.41, 5.74) is 1.32. The first kappa shape index (κ1) is 18.4. The summed E-state index contributed by atoms with van der Waals surface area (Å²) in [6.45, 7) is 3.92. The monoisotopic (exact) mass is 341 g/mol. The van der Waals surface area contributed by atoms with Gasteiger partial charge in [-0.3, -0.25) is 4.79 Å². The molecule has 2 rings (SSSR count). The first-order valence-electron chi connectivity index (χ1n) is 8.15. The number of nitrogens with one attached hydrogen (secondary N) is 2. The highest BCUT2D eigenvalue weighted by molar-refractivity contribution is 6.00. The maximum Gasteiger partial charge on any atom is 0.328 e. The van der Waals surface area contributed by atoms with Crippen molar-refractivity contribution in [1.29, 1.82) is 0 Å². The molecule has 2 N–H and O–H groups in total. The molecule has 0 fully saturated rings. The molecule has 0 spiro atoms. The number of benzene rings is 1. The van der Waals surface area contributed by atoms with Gasteiger partial charge in [-0.15, -0.1) is 0 Å². The standard InChI is InChI=1S/C19H23N3O3/c1-13(2)21-17-15(10-7-11-20-17)18(23)22-16(19(24)25-3)12-14-8-5-4-6-9-14/h4-11,13,16H,12H2,1-3H3,(H,20,21)(H,22,23). The number of nitrogens with zero attached hydrogens (tertiary/aromatic N) is 1. The minimum atomic E-state index is -0.771. The molecule has 1 unspecified atom stereocenters. The van der Waals surface area contributed by atoms with E-state index >= 15 is 0 Å².